The zero-order valence-corrected chi connectivity index (χ0v) is 15.2. The van der Waals surface area contributed by atoms with E-state index in [4.69, 9.17) is 9.47 Å². The van der Waals surface area contributed by atoms with Gasteiger partial charge >= 0.3 is 0 Å². The van der Waals surface area contributed by atoms with E-state index in [-0.39, 0.29) is 13.2 Å². The topological polar surface area (TPSA) is 64.6 Å². The maximum atomic E-state index is 12.4. The van der Waals surface area contributed by atoms with E-state index in [9.17, 15) is 8.42 Å². The molecule has 1 N–H and O–H groups in total. The fraction of sp³-hybridized carbons (Fsp3) is 0.333. The first kappa shape index (κ1) is 18.3. The molecule has 0 aliphatic rings. The molecule has 0 unspecified atom stereocenters. The molecule has 0 aliphatic carbocycles. The Hall–Kier alpha value is -2.05. The van der Waals surface area contributed by atoms with Crippen molar-refractivity contribution in [1.82, 2.24) is 4.72 Å². The molecule has 0 saturated carbocycles. The van der Waals surface area contributed by atoms with Crippen molar-refractivity contribution in [2.24, 2.45) is 0 Å². The van der Waals surface area contributed by atoms with Gasteiger partial charge in [0.1, 0.15) is 6.61 Å². The maximum Gasteiger partial charge on any atom is 0.240 e. The van der Waals surface area contributed by atoms with Crippen LogP contribution in [-0.4, -0.2) is 28.7 Å². The molecule has 2 aromatic rings. The van der Waals surface area contributed by atoms with Gasteiger partial charge in [0, 0.05) is 6.54 Å². The largest absolute Gasteiger partial charge is 0.493 e. The maximum absolute atomic E-state index is 12.4. The smallest absolute Gasteiger partial charge is 0.240 e. The average Bonchev–Trinajstić information content (AvgIpc) is 2.54. The van der Waals surface area contributed by atoms with Gasteiger partial charge in [-0.1, -0.05) is 18.2 Å². The van der Waals surface area contributed by atoms with Crippen molar-refractivity contribution in [1.29, 1.82) is 0 Å². The molecule has 5 nitrogen and oxygen atoms in total. The lowest BCUT2D eigenvalue weighted by molar-refractivity contribution is 0.298. The molecule has 2 aromatic carbocycles. The molecule has 130 valence electrons. The van der Waals surface area contributed by atoms with Gasteiger partial charge in [-0.25, -0.2) is 13.1 Å². The lowest BCUT2D eigenvalue weighted by Gasteiger charge is -2.13. The van der Waals surface area contributed by atoms with Crippen LogP contribution in [0.15, 0.2) is 41.3 Å². The summed E-state index contributed by atoms with van der Waals surface area (Å²) in [6.07, 6.45) is 0. The Bertz CT molecular complexity index is 816. The van der Waals surface area contributed by atoms with Crippen LogP contribution < -0.4 is 14.2 Å². The zero-order valence-electron chi connectivity index (χ0n) is 14.4. The number of sulfonamides is 1. The fourth-order valence-electron chi connectivity index (χ4n) is 2.31. The quantitative estimate of drug-likeness (QED) is 0.781. The number of ether oxygens (including phenoxy) is 2. The number of benzene rings is 2. The van der Waals surface area contributed by atoms with Crippen molar-refractivity contribution in [3.05, 3.63) is 53.1 Å². The molecule has 24 heavy (non-hydrogen) atoms. The van der Waals surface area contributed by atoms with E-state index in [1.807, 2.05) is 38.1 Å². The van der Waals surface area contributed by atoms with Crippen molar-refractivity contribution in [3.8, 4) is 11.5 Å². The monoisotopic (exact) mass is 349 g/mol. The molecule has 6 heteroatoms. The summed E-state index contributed by atoms with van der Waals surface area (Å²) in [6, 6.07) is 11.0. The second kappa shape index (κ2) is 7.68. The predicted octanol–water partition coefficient (Wildman–Crippen LogP) is 2.98. The standard InChI is InChI=1S/C18H23NO4S/c1-13-6-8-16(17(11-13)22-4)23-10-9-19-24(20,21)18-12-14(2)5-7-15(18)3/h5-8,11-12,19H,9-10H2,1-4H3. The summed E-state index contributed by atoms with van der Waals surface area (Å²) in [5.41, 5.74) is 2.69. The van der Waals surface area contributed by atoms with Gasteiger partial charge < -0.3 is 9.47 Å². The highest BCUT2D eigenvalue weighted by Crippen LogP contribution is 2.27. The van der Waals surface area contributed by atoms with Gasteiger partial charge in [0.25, 0.3) is 0 Å². The summed E-state index contributed by atoms with van der Waals surface area (Å²) >= 11 is 0. The van der Waals surface area contributed by atoms with Crippen molar-refractivity contribution in [3.63, 3.8) is 0 Å². The van der Waals surface area contributed by atoms with E-state index < -0.39 is 10.0 Å². The molecule has 0 amide bonds. The first-order chi connectivity index (χ1) is 11.3. The molecule has 0 saturated heterocycles. The van der Waals surface area contributed by atoms with Gasteiger partial charge in [0.05, 0.1) is 12.0 Å². The summed E-state index contributed by atoms with van der Waals surface area (Å²) in [5, 5.41) is 0. The molecular weight excluding hydrogens is 326 g/mol. The van der Waals surface area contributed by atoms with Gasteiger partial charge in [-0.15, -0.1) is 0 Å². The predicted molar refractivity (Wildman–Crippen MR) is 94.3 cm³/mol. The van der Waals surface area contributed by atoms with Gasteiger partial charge in [0.15, 0.2) is 11.5 Å². The lowest BCUT2D eigenvalue weighted by atomic mass is 10.2. The van der Waals surface area contributed by atoms with Crippen LogP contribution in [0.1, 0.15) is 16.7 Å². The van der Waals surface area contributed by atoms with E-state index >= 15 is 0 Å². The van der Waals surface area contributed by atoms with E-state index in [0.29, 0.717) is 22.0 Å². The molecule has 0 bridgehead atoms. The van der Waals surface area contributed by atoms with Crippen LogP contribution in [0.4, 0.5) is 0 Å². The highest BCUT2D eigenvalue weighted by Gasteiger charge is 2.16. The summed E-state index contributed by atoms with van der Waals surface area (Å²) < 4.78 is 38.2. The average molecular weight is 349 g/mol. The molecule has 2 rings (SSSR count). The minimum Gasteiger partial charge on any atom is -0.493 e. The van der Waals surface area contributed by atoms with Crippen molar-refractivity contribution in [2.75, 3.05) is 20.3 Å². The molecule has 0 heterocycles. The van der Waals surface area contributed by atoms with Crippen molar-refractivity contribution >= 4 is 10.0 Å². The summed E-state index contributed by atoms with van der Waals surface area (Å²) in [6.45, 7) is 5.99. The molecule has 0 aromatic heterocycles. The van der Waals surface area contributed by atoms with Crippen LogP contribution >= 0.6 is 0 Å². The molecule has 0 atom stereocenters. The molecule has 0 spiro atoms. The highest BCUT2D eigenvalue weighted by molar-refractivity contribution is 7.89. The normalized spacial score (nSPS) is 11.3. The molecular formula is C18H23NO4S. The van der Waals surface area contributed by atoms with Gasteiger partial charge in [-0.05, 0) is 55.7 Å². The number of hydrogen-bond donors (Lipinski definition) is 1. The Labute approximate surface area is 143 Å². The van der Waals surface area contributed by atoms with Crippen LogP contribution in [-0.2, 0) is 10.0 Å². The van der Waals surface area contributed by atoms with E-state index in [1.54, 1.807) is 26.2 Å². The molecule has 0 fully saturated rings. The number of aryl methyl sites for hydroxylation is 3. The molecule has 0 radical (unpaired) electrons. The second-order valence-corrected chi connectivity index (χ2v) is 7.40. The number of hydrogen-bond acceptors (Lipinski definition) is 4. The zero-order chi connectivity index (χ0) is 17.7. The van der Waals surface area contributed by atoms with Crippen LogP contribution in [0, 0.1) is 20.8 Å². The van der Waals surface area contributed by atoms with E-state index in [2.05, 4.69) is 4.72 Å². The highest BCUT2D eigenvalue weighted by atomic mass is 32.2. The summed E-state index contributed by atoms with van der Waals surface area (Å²) in [5.74, 6) is 1.22. The Morgan fingerprint density at radius 1 is 0.958 bits per heavy atom. The Morgan fingerprint density at radius 3 is 2.33 bits per heavy atom. The van der Waals surface area contributed by atoms with Crippen molar-refractivity contribution < 1.29 is 17.9 Å². The van der Waals surface area contributed by atoms with Crippen molar-refractivity contribution in [2.45, 2.75) is 25.7 Å². The fourth-order valence-corrected chi connectivity index (χ4v) is 3.65. The third kappa shape index (κ3) is 4.49. The summed E-state index contributed by atoms with van der Waals surface area (Å²) in [7, 11) is -1.98. The van der Waals surface area contributed by atoms with E-state index in [1.165, 1.54) is 0 Å². The number of rotatable bonds is 7. The number of nitrogens with one attached hydrogen (secondary N) is 1. The third-order valence-corrected chi connectivity index (χ3v) is 5.21. The minimum absolute atomic E-state index is 0.173. The third-order valence-electron chi connectivity index (χ3n) is 3.60. The Balaban J connectivity index is 1.98. The SMILES string of the molecule is COc1cc(C)ccc1OCCNS(=O)(=O)c1cc(C)ccc1C. The Morgan fingerprint density at radius 2 is 1.62 bits per heavy atom. The van der Waals surface area contributed by atoms with E-state index in [0.717, 1.165) is 11.1 Å². The lowest BCUT2D eigenvalue weighted by Crippen LogP contribution is -2.29. The van der Waals surface area contributed by atoms with Gasteiger partial charge in [0.2, 0.25) is 10.0 Å². The van der Waals surface area contributed by atoms with Crippen LogP contribution in [0.25, 0.3) is 0 Å². The Kier molecular flexibility index (Phi) is 5.85. The minimum atomic E-state index is -3.55. The van der Waals surface area contributed by atoms with Crippen LogP contribution in [0.2, 0.25) is 0 Å². The van der Waals surface area contributed by atoms with Gasteiger partial charge in [-0.2, -0.15) is 0 Å². The first-order valence-electron chi connectivity index (χ1n) is 7.68. The molecule has 0 aliphatic heterocycles. The van der Waals surface area contributed by atoms with Crippen LogP contribution in [0.5, 0.6) is 11.5 Å². The summed E-state index contributed by atoms with van der Waals surface area (Å²) in [4.78, 5) is 0.301. The first-order valence-corrected chi connectivity index (χ1v) is 9.16. The number of methoxy groups -OCH3 is 1. The second-order valence-electron chi connectivity index (χ2n) is 5.67. The van der Waals surface area contributed by atoms with Crippen LogP contribution in [0.3, 0.4) is 0 Å². The van der Waals surface area contributed by atoms with Gasteiger partial charge in [-0.3, -0.25) is 0 Å².